The van der Waals surface area contributed by atoms with Gasteiger partial charge in [0.25, 0.3) is 5.56 Å². The standard InChI is InChI=1S/C28H29F6N7O4/c1-44-19-5-3-17(4-6-19)15-41-24(42)21(28(32,33)34)12-23(37-41)40-16-20(45-2)11-22(40)25(43)38-7-9-39(10-8-38)26-35-13-18(14-36-26)27(29,30)31/h3-6,12-14,20,22H,7-11,15-16H2,1-2H3/t20-,22+/m1/s1. The highest BCUT2D eigenvalue weighted by Crippen LogP contribution is 2.33. The second-order valence-corrected chi connectivity index (χ2v) is 10.6. The van der Waals surface area contributed by atoms with E-state index in [0.29, 0.717) is 29.8 Å². The number of carbonyl (C=O) groups is 1. The summed E-state index contributed by atoms with van der Waals surface area (Å²) in [4.78, 5) is 38.8. The lowest BCUT2D eigenvalue weighted by molar-refractivity contribution is -0.139. The molecule has 0 saturated carbocycles. The summed E-state index contributed by atoms with van der Waals surface area (Å²) in [6.45, 7) is 0.583. The van der Waals surface area contributed by atoms with Gasteiger partial charge in [0.05, 0.1) is 25.3 Å². The summed E-state index contributed by atoms with van der Waals surface area (Å²) in [6.07, 6.45) is -8.51. The third kappa shape index (κ3) is 6.97. The number of ether oxygens (including phenoxy) is 2. The Bertz CT molecular complexity index is 1560. The molecule has 2 aliphatic heterocycles. The number of halogens is 6. The molecule has 17 heteroatoms. The summed E-state index contributed by atoms with van der Waals surface area (Å²) in [7, 11) is 2.90. The summed E-state index contributed by atoms with van der Waals surface area (Å²) < 4.78 is 92.0. The van der Waals surface area contributed by atoms with Crippen molar-refractivity contribution in [3.63, 3.8) is 0 Å². The minimum atomic E-state index is -4.98. The van der Waals surface area contributed by atoms with Gasteiger partial charge in [-0.25, -0.2) is 14.6 Å². The van der Waals surface area contributed by atoms with Crippen LogP contribution in [0.3, 0.4) is 0 Å². The number of hydrogen-bond acceptors (Lipinski definition) is 9. The van der Waals surface area contributed by atoms with Gasteiger partial charge in [0.15, 0.2) is 5.82 Å². The first-order chi connectivity index (χ1) is 21.3. The van der Waals surface area contributed by atoms with E-state index in [1.807, 2.05) is 0 Å². The average Bonchev–Trinajstić information content (AvgIpc) is 3.46. The molecule has 3 aromatic rings. The van der Waals surface area contributed by atoms with Crippen molar-refractivity contribution in [2.24, 2.45) is 0 Å². The molecule has 5 rings (SSSR count). The van der Waals surface area contributed by atoms with E-state index in [1.165, 1.54) is 24.0 Å². The van der Waals surface area contributed by atoms with E-state index in [0.717, 1.165) is 4.68 Å². The number of benzene rings is 1. The van der Waals surface area contributed by atoms with Crippen LogP contribution in [0.15, 0.2) is 47.5 Å². The molecule has 2 saturated heterocycles. The number of methoxy groups -OCH3 is 2. The van der Waals surface area contributed by atoms with Gasteiger partial charge in [-0.05, 0) is 17.7 Å². The molecule has 2 fully saturated rings. The summed E-state index contributed by atoms with van der Waals surface area (Å²) >= 11 is 0. The van der Waals surface area contributed by atoms with Crippen molar-refractivity contribution in [1.82, 2.24) is 24.6 Å². The van der Waals surface area contributed by atoms with E-state index in [4.69, 9.17) is 9.47 Å². The van der Waals surface area contributed by atoms with E-state index in [1.54, 1.807) is 29.2 Å². The number of piperazine rings is 1. The van der Waals surface area contributed by atoms with Gasteiger partial charge in [-0.1, -0.05) is 12.1 Å². The zero-order chi connectivity index (χ0) is 32.5. The molecule has 242 valence electrons. The molecule has 1 amide bonds. The molecule has 0 N–H and O–H groups in total. The van der Waals surface area contributed by atoms with E-state index in [9.17, 15) is 35.9 Å². The second-order valence-electron chi connectivity index (χ2n) is 10.6. The number of amides is 1. The summed E-state index contributed by atoms with van der Waals surface area (Å²) in [5, 5.41) is 4.26. The Morgan fingerprint density at radius 1 is 0.956 bits per heavy atom. The molecule has 1 aromatic carbocycles. The maximum Gasteiger partial charge on any atom is 0.421 e. The number of rotatable bonds is 7. The van der Waals surface area contributed by atoms with Gasteiger partial charge in [0.1, 0.15) is 17.4 Å². The van der Waals surface area contributed by atoms with Crippen LogP contribution in [0.4, 0.5) is 38.1 Å². The van der Waals surface area contributed by atoms with Gasteiger partial charge in [-0.3, -0.25) is 9.59 Å². The molecule has 0 unspecified atom stereocenters. The summed E-state index contributed by atoms with van der Waals surface area (Å²) in [5.41, 5.74) is -3.21. The minimum absolute atomic E-state index is 0.0529. The monoisotopic (exact) mass is 641 g/mol. The number of aromatic nitrogens is 4. The maximum atomic E-state index is 14.0. The van der Waals surface area contributed by atoms with Crippen LogP contribution in [0.5, 0.6) is 5.75 Å². The first kappa shape index (κ1) is 32.0. The van der Waals surface area contributed by atoms with Gasteiger partial charge in [0.2, 0.25) is 11.9 Å². The van der Waals surface area contributed by atoms with Crippen LogP contribution < -0.4 is 20.1 Å². The van der Waals surface area contributed by atoms with Gasteiger partial charge in [0, 0.05) is 64.7 Å². The number of anilines is 2. The molecule has 0 aliphatic carbocycles. The van der Waals surface area contributed by atoms with Crippen LogP contribution in [0.1, 0.15) is 23.1 Å². The van der Waals surface area contributed by atoms with Gasteiger partial charge >= 0.3 is 12.4 Å². The lowest BCUT2D eigenvalue weighted by Crippen LogP contribution is -2.54. The van der Waals surface area contributed by atoms with Crippen molar-refractivity contribution in [2.75, 3.05) is 56.7 Å². The number of nitrogens with zero attached hydrogens (tertiary/aromatic N) is 7. The Labute approximate surface area is 253 Å². The van der Waals surface area contributed by atoms with Crippen molar-refractivity contribution in [1.29, 1.82) is 0 Å². The fourth-order valence-corrected chi connectivity index (χ4v) is 5.31. The third-order valence-corrected chi connectivity index (χ3v) is 7.77. The van der Waals surface area contributed by atoms with Crippen molar-refractivity contribution < 1.29 is 40.6 Å². The number of alkyl halides is 6. The maximum absolute atomic E-state index is 14.0. The predicted octanol–water partition coefficient (Wildman–Crippen LogP) is 3.07. The van der Waals surface area contributed by atoms with Gasteiger partial charge < -0.3 is 24.2 Å². The summed E-state index contributed by atoms with van der Waals surface area (Å²) in [6, 6.07) is 6.14. The largest absolute Gasteiger partial charge is 0.497 e. The first-order valence-corrected chi connectivity index (χ1v) is 13.8. The Balaban J connectivity index is 1.37. The van der Waals surface area contributed by atoms with Crippen LogP contribution in [0, 0.1) is 0 Å². The van der Waals surface area contributed by atoms with Crippen molar-refractivity contribution in [3.8, 4) is 5.75 Å². The van der Waals surface area contributed by atoms with E-state index >= 15 is 0 Å². The van der Waals surface area contributed by atoms with Crippen LogP contribution in [0.25, 0.3) is 0 Å². The molecule has 0 bridgehead atoms. The zero-order valence-corrected chi connectivity index (χ0v) is 24.2. The average molecular weight is 642 g/mol. The molecule has 0 spiro atoms. The summed E-state index contributed by atoms with van der Waals surface area (Å²) in [5.74, 6) is 0.0245. The Morgan fingerprint density at radius 2 is 1.60 bits per heavy atom. The molecule has 0 radical (unpaired) electrons. The third-order valence-electron chi connectivity index (χ3n) is 7.77. The topological polar surface area (TPSA) is 106 Å². The zero-order valence-electron chi connectivity index (χ0n) is 24.2. The second kappa shape index (κ2) is 12.5. The van der Waals surface area contributed by atoms with Crippen molar-refractivity contribution >= 4 is 17.7 Å². The fourth-order valence-electron chi connectivity index (χ4n) is 5.31. The molecule has 11 nitrogen and oxygen atoms in total. The van der Waals surface area contributed by atoms with Crippen LogP contribution in [-0.4, -0.2) is 89.6 Å². The van der Waals surface area contributed by atoms with Gasteiger partial charge in [-0.15, -0.1) is 0 Å². The lowest BCUT2D eigenvalue weighted by Gasteiger charge is -2.37. The highest BCUT2D eigenvalue weighted by atomic mass is 19.4. The van der Waals surface area contributed by atoms with Crippen LogP contribution in [-0.2, 0) is 28.4 Å². The number of carbonyl (C=O) groups excluding carboxylic acids is 1. The molecule has 4 heterocycles. The lowest BCUT2D eigenvalue weighted by atomic mass is 10.1. The molecular formula is C28H29F6N7O4. The van der Waals surface area contributed by atoms with E-state index < -0.39 is 41.2 Å². The fraction of sp³-hybridized carbons (Fsp3) is 0.464. The van der Waals surface area contributed by atoms with Crippen LogP contribution >= 0.6 is 0 Å². The SMILES string of the molecule is COc1ccc(Cn2nc(N3C[C@H](OC)C[C@H]3C(=O)N3CCN(c4ncc(C(F)(F)F)cn4)CC3)cc(C(F)(F)F)c2=O)cc1. The van der Waals surface area contributed by atoms with E-state index in [2.05, 4.69) is 15.1 Å². The minimum Gasteiger partial charge on any atom is -0.497 e. The Morgan fingerprint density at radius 3 is 2.16 bits per heavy atom. The van der Waals surface area contributed by atoms with Crippen molar-refractivity contribution in [3.05, 3.63) is 69.8 Å². The Kier molecular flexibility index (Phi) is 8.91. The molecule has 2 atom stereocenters. The highest BCUT2D eigenvalue weighted by Gasteiger charge is 2.43. The van der Waals surface area contributed by atoms with Crippen molar-refractivity contribution in [2.45, 2.75) is 37.5 Å². The molecule has 2 aromatic heterocycles. The van der Waals surface area contributed by atoms with Gasteiger partial charge in [-0.2, -0.15) is 31.4 Å². The molecule has 2 aliphatic rings. The molecule has 45 heavy (non-hydrogen) atoms. The first-order valence-electron chi connectivity index (χ1n) is 13.8. The highest BCUT2D eigenvalue weighted by molar-refractivity contribution is 5.86. The Hall–Kier alpha value is -4.41. The number of hydrogen-bond donors (Lipinski definition) is 0. The van der Waals surface area contributed by atoms with E-state index in [-0.39, 0.29) is 63.4 Å². The molecular weight excluding hydrogens is 612 g/mol. The van der Waals surface area contributed by atoms with Crippen LogP contribution in [0.2, 0.25) is 0 Å². The normalized spacial score (nSPS) is 19.2. The smallest absolute Gasteiger partial charge is 0.421 e. The quantitative estimate of drug-likeness (QED) is 0.360. The predicted molar refractivity (Wildman–Crippen MR) is 148 cm³/mol.